The van der Waals surface area contributed by atoms with Crippen LogP contribution in [-0.4, -0.2) is 56.5 Å². The van der Waals surface area contributed by atoms with Crippen molar-refractivity contribution < 1.29 is 17.9 Å². The van der Waals surface area contributed by atoms with Gasteiger partial charge in [0.1, 0.15) is 5.75 Å². The Morgan fingerprint density at radius 3 is 2.47 bits per heavy atom. The zero-order valence-electron chi connectivity index (χ0n) is 19.2. The SMILES string of the molecule is COCCn1c(CN(C)[C@H](C)c2ccccc2OC)cnc1S(=O)(=O)CC(C)(C)C. The van der Waals surface area contributed by atoms with Crippen molar-refractivity contribution in [3.8, 4) is 5.75 Å². The fourth-order valence-electron chi connectivity index (χ4n) is 3.46. The van der Waals surface area contributed by atoms with Crippen LogP contribution >= 0.6 is 0 Å². The molecule has 0 amide bonds. The molecular formula is C22H35N3O4S. The number of imidazole rings is 1. The third kappa shape index (κ3) is 6.06. The van der Waals surface area contributed by atoms with Gasteiger partial charge in [-0.3, -0.25) is 4.90 Å². The van der Waals surface area contributed by atoms with Gasteiger partial charge in [-0.25, -0.2) is 13.4 Å². The summed E-state index contributed by atoms with van der Waals surface area (Å²) in [7, 11) is 1.76. The van der Waals surface area contributed by atoms with Crippen molar-refractivity contribution >= 4 is 9.84 Å². The fraction of sp³-hybridized carbons (Fsp3) is 0.591. The van der Waals surface area contributed by atoms with Gasteiger partial charge in [0, 0.05) is 31.8 Å². The van der Waals surface area contributed by atoms with Crippen LogP contribution in [0.3, 0.4) is 0 Å². The van der Waals surface area contributed by atoms with Crippen LogP contribution in [-0.2, 0) is 27.7 Å². The summed E-state index contributed by atoms with van der Waals surface area (Å²) in [6.07, 6.45) is 1.66. The van der Waals surface area contributed by atoms with Crippen LogP contribution in [0.1, 0.15) is 45.0 Å². The fourth-order valence-corrected chi connectivity index (χ4v) is 5.49. The Hall–Kier alpha value is -1.90. The molecule has 0 spiro atoms. The lowest BCUT2D eigenvalue weighted by molar-refractivity contribution is 0.180. The Bertz CT molecular complexity index is 932. The van der Waals surface area contributed by atoms with E-state index in [-0.39, 0.29) is 22.4 Å². The molecule has 1 atom stereocenters. The number of hydrogen-bond acceptors (Lipinski definition) is 6. The third-order valence-electron chi connectivity index (χ3n) is 4.98. The van der Waals surface area contributed by atoms with Crippen molar-refractivity contribution in [2.24, 2.45) is 5.41 Å². The molecule has 0 unspecified atom stereocenters. The molecule has 0 aliphatic heterocycles. The molecule has 0 aliphatic carbocycles. The number of methoxy groups -OCH3 is 2. The zero-order valence-corrected chi connectivity index (χ0v) is 20.0. The second kappa shape index (κ2) is 9.94. The maximum atomic E-state index is 13.0. The summed E-state index contributed by atoms with van der Waals surface area (Å²) < 4.78 is 38.5. The first-order valence-corrected chi connectivity index (χ1v) is 11.7. The first-order valence-electron chi connectivity index (χ1n) is 10.1. The highest BCUT2D eigenvalue weighted by atomic mass is 32.2. The van der Waals surface area contributed by atoms with E-state index < -0.39 is 9.84 Å². The normalized spacial score (nSPS) is 13.6. The van der Waals surface area contributed by atoms with Crippen molar-refractivity contribution in [3.63, 3.8) is 0 Å². The quantitative estimate of drug-likeness (QED) is 0.566. The van der Waals surface area contributed by atoms with E-state index in [9.17, 15) is 8.42 Å². The van der Waals surface area contributed by atoms with Crippen molar-refractivity contribution in [1.29, 1.82) is 0 Å². The number of hydrogen-bond donors (Lipinski definition) is 0. The second-order valence-electron chi connectivity index (χ2n) is 8.83. The Balaban J connectivity index is 2.34. The number of benzene rings is 1. The van der Waals surface area contributed by atoms with Crippen molar-refractivity contribution in [2.45, 2.75) is 52.0 Å². The summed E-state index contributed by atoms with van der Waals surface area (Å²) in [6, 6.07) is 7.99. The average molecular weight is 438 g/mol. The van der Waals surface area contributed by atoms with Gasteiger partial charge in [-0.2, -0.15) is 0 Å². The molecule has 0 saturated heterocycles. The van der Waals surface area contributed by atoms with E-state index in [1.165, 1.54) is 0 Å². The van der Waals surface area contributed by atoms with Crippen LogP contribution in [0.5, 0.6) is 5.75 Å². The first kappa shape index (κ1) is 24.4. The van der Waals surface area contributed by atoms with Crippen LogP contribution in [0.4, 0.5) is 0 Å². The van der Waals surface area contributed by atoms with Gasteiger partial charge in [-0.15, -0.1) is 0 Å². The van der Waals surface area contributed by atoms with Gasteiger partial charge >= 0.3 is 0 Å². The van der Waals surface area contributed by atoms with E-state index in [0.29, 0.717) is 19.7 Å². The van der Waals surface area contributed by atoms with Gasteiger partial charge in [0.2, 0.25) is 15.0 Å². The smallest absolute Gasteiger partial charge is 0.227 e. The van der Waals surface area contributed by atoms with E-state index in [1.807, 2.05) is 52.1 Å². The lowest BCUT2D eigenvalue weighted by Gasteiger charge is -2.27. The first-order chi connectivity index (χ1) is 14.0. The highest BCUT2D eigenvalue weighted by Gasteiger charge is 2.29. The van der Waals surface area contributed by atoms with Crippen molar-refractivity contribution in [1.82, 2.24) is 14.5 Å². The minimum Gasteiger partial charge on any atom is -0.496 e. The Morgan fingerprint density at radius 1 is 1.20 bits per heavy atom. The average Bonchev–Trinajstić information content (AvgIpc) is 3.07. The molecule has 1 aromatic heterocycles. The minimum atomic E-state index is -3.52. The summed E-state index contributed by atoms with van der Waals surface area (Å²) in [4.78, 5) is 6.46. The molecule has 0 bridgehead atoms. The molecule has 168 valence electrons. The van der Waals surface area contributed by atoms with Crippen LogP contribution in [0.25, 0.3) is 0 Å². The largest absolute Gasteiger partial charge is 0.496 e. The van der Waals surface area contributed by atoms with Crippen LogP contribution in [0, 0.1) is 5.41 Å². The van der Waals surface area contributed by atoms with Gasteiger partial charge in [0.15, 0.2) is 0 Å². The van der Waals surface area contributed by atoms with Crippen LogP contribution < -0.4 is 4.74 Å². The maximum Gasteiger partial charge on any atom is 0.227 e. The monoisotopic (exact) mass is 437 g/mol. The summed E-state index contributed by atoms with van der Waals surface area (Å²) in [6.45, 7) is 9.23. The van der Waals surface area contributed by atoms with E-state index in [1.54, 1.807) is 25.0 Å². The van der Waals surface area contributed by atoms with E-state index >= 15 is 0 Å². The molecule has 8 heteroatoms. The molecule has 0 aliphatic rings. The molecule has 0 N–H and O–H groups in total. The van der Waals surface area contributed by atoms with Gasteiger partial charge in [-0.05, 0) is 25.5 Å². The summed E-state index contributed by atoms with van der Waals surface area (Å²) in [5, 5.41) is 0.114. The van der Waals surface area contributed by atoms with Gasteiger partial charge in [0.25, 0.3) is 0 Å². The Kier molecular flexibility index (Phi) is 8.07. The third-order valence-corrected chi connectivity index (χ3v) is 7.11. The van der Waals surface area contributed by atoms with Crippen LogP contribution in [0.15, 0.2) is 35.6 Å². The molecule has 0 radical (unpaired) electrons. The predicted molar refractivity (Wildman–Crippen MR) is 118 cm³/mol. The molecular weight excluding hydrogens is 402 g/mol. The number of aromatic nitrogens is 2. The summed E-state index contributed by atoms with van der Waals surface area (Å²) in [5.74, 6) is 0.870. The lowest BCUT2D eigenvalue weighted by Crippen LogP contribution is -2.27. The molecule has 30 heavy (non-hydrogen) atoms. The molecule has 7 nitrogen and oxygen atoms in total. The molecule has 2 aromatic rings. The number of nitrogens with zero attached hydrogens (tertiary/aromatic N) is 3. The van der Waals surface area contributed by atoms with E-state index in [4.69, 9.17) is 9.47 Å². The predicted octanol–water partition coefficient (Wildman–Crippen LogP) is 3.55. The molecule has 2 rings (SSSR count). The highest BCUT2D eigenvalue weighted by molar-refractivity contribution is 7.91. The van der Waals surface area contributed by atoms with E-state index in [2.05, 4.69) is 16.8 Å². The zero-order chi connectivity index (χ0) is 22.5. The Morgan fingerprint density at radius 2 is 1.87 bits per heavy atom. The number of sulfone groups is 1. The van der Waals surface area contributed by atoms with Gasteiger partial charge in [-0.1, -0.05) is 39.0 Å². The van der Waals surface area contributed by atoms with Gasteiger partial charge < -0.3 is 14.0 Å². The second-order valence-corrected chi connectivity index (χ2v) is 10.7. The van der Waals surface area contributed by atoms with Crippen LogP contribution in [0.2, 0.25) is 0 Å². The summed E-state index contributed by atoms with van der Waals surface area (Å²) in [5.41, 5.74) is 1.56. The lowest BCUT2D eigenvalue weighted by atomic mass is 10.0. The molecule has 0 saturated carbocycles. The number of ether oxygens (including phenoxy) is 2. The van der Waals surface area contributed by atoms with Crippen molar-refractivity contribution in [2.75, 3.05) is 33.6 Å². The standard InChI is InChI=1S/C22H35N3O4S/c1-17(19-10-8-9-11-20(19)29-7)24(5)15-18-14-23-21(25(18)12-13-28-6)30(26,27)16-22(2,3)4/h8-11,14,17H,12-13,15-16H2,1-7H3/t17-/m1/s1. The van der Waals surface area contributed by atoms with E-state index in [0.717, 1.165) is 17.0 Å². The highest BCUT2D eigenvalue weighted by Crippen LogP contribution is 2.29. The topological polar surface area (TPSA) is 73.7 Å². The Labute approximate surface area is 180 Å². The summed E-state index contributed by atoms with van der Waals surface area (Å²) >= 11 is 0. The molecule has 1 aromatic carbocycles. The number of rotatable bonds is 10. The van der Waals surface area contributed by atoms with Gasteiger partial charge in [0.05, 0.1) is 31.4 Å². The maximum absolute atomic E-state index is 13.0. The minimum absolute atomic E-state index is 0.0386. The molecule has 0 fully saturated rings. The number of para-hydroxylation sites is 1. The van der Waals surface area contributed by atoms with Crippen molar-refractivity contribution in [3.05, 3.63) is 41.7 Å². The molecule has 1 heterocycles.